The van der Waals surface area contributed by atoms with Gasteiger partial charge in [-0.25, -0.2) is 0 Å². The van der Waals surface area contributed by atoms with Gasteiger partial charge in [0, 0.05) is 74.3 Å². The third kappa shape index (κ3) is 14.2. The lowest BCUT2D eigenvalue weighted by molar-refractivity contribution is -0.142. The van der Waals surface area contributed by atoms with Crippen LogP contribution < -0.4 is 36.7 Å². The number of aryl methyl sites for hydroxylation is 1. The van der Waals surface area contributed by atoms with Crippen molar-refractivity contribution in [2.45, 2.75) is 103 Å². The molecule has 1 heterocycles. The fraction of sp³-hybridized carbons (Fsp3) is 0.510. The SMILES string of the molecule is CCCCCCCOc1ccc(C(=O)C[C@@H](CCN)C(=O)N(C)[C@@H]2C(=O)C[C@@H](C)C(=O)N[C@H](C(=O)CCC#N)Cc3ccc(OCCN)c(c3)-c3cc2ccc3OCCN)c(C)c1. The second-order valence-electron chi connectivity index (χ2n) is 16.3. The molecule has 0 unspecified atom stereocenters. The molecule has 3 aromatic carbocycles. The molecule has 0 saturated heterocycles. The maximum Gasteiger partial charge on any atom is 0.226 e. The lowest BCUT2D eigenvalue weighted by Gasteiger charge is -2.32. The number of hydrogen-bond donors (Lipinski definition) is 4. The highest BCUT2D eigenvalue weighted by molar-refractivity contribution is 6.01. The fourth-order valence-corrected chi connectivity index (χ4v) is 7.91. The number of ketones is 3. The molecular weight excluding hydrogens is 801 g/mol. The number of fused-ring (bicyclic) bond motifs is 5. The van der Waals surface area contributed by atoms with E-state index in [1.807, 2.05) is 25.1 Å². The van der Waals surface area contributed by atoms with Gasteiger partial charge in [-0.3, -0.25) is 24.0 Å². The number of ether oxygens (including phenoxy) is 3. The minimum atomic E-state index is -1.21. The van der Waals surface area contributed by atoms with Crippen LogP contribution in [-0.4, -0.2) is 86.6 Å². The summed E-state index contributed by atoms with van der Waals surface area (Å²) in [6.45, 7) is 7.11. The van der Waals surface area contributed by atoms with E-state index in [1.54, 1.807) is 49.4 Å². The highest BCUT2D eigenvalue weighted by Crippen LogP contribution is 2.41. The second-order valence-corrected chi connectivity index (χ2v) is 16.3. The standard InChI is InChI=1S/C49H66N6O8/c1-5-6-7-8-9-23-61-37-14-15-38(32(2)26-37)43(57)31-36(18-20-51)49(60)55(4)47-35-13-17-46(63-25-22-53)40(30-35)39-28-34(12-16-45(39)62-24-21-52)29-41(42(56)11-10-19-50)54-48(59)33(3)27-44(47)58/h12-17,26,28,30,33,36,41,47H,5-11,18,20-25,27,29,31,51-53H2,1-4H3,(H,54,59)/t33-,36-,41+,47+/m1/s1. The Morgan fingerprint density at radius 2 is 1.54 bits per heavy atom. The van der Waals surface area contributed by atoms with E-state index in [2.05, 4.69) is 12.2 Å². The van der Waals surface area contributed by atoms with Gasteiger partial charge in [-0.2, -0.15) is 5.26 Å². The van der Waals surface area contributed by atoms with Crippen molar-refractivity contribution < 1.29 is 38.2 Å². The van der Waals surface area contributed by atoms with Crippen molar-refractivity contribution in [1.29, 1.82) is 5.26 Å². The Morgan fingerprint density at radius 3 is 2.19 bits per heavy atom. The van der Waals surface area contributed by atoms with E-state index in [-0.39, 0.29) is 82.9 Å². The van der Waals surface area contributed by atoms with Crippen LogP contribution in [0.2, 0.25) is 0 Å². The maximum absolute atomic E-state index is 14.7. The topological polar surface area (TPSA) is 230 Å². The number of rotatable bonds is 23. The number of nitriles is 1. The number of unbranched alkanes of at least 4 members (excludes halogenated alkanes) is 4. The van der Waals surface area contributed by atoms with Crippen molar-refractivity contribution in [2.24, 2.45) is 29.0 Å². The van der Waals surface area contributed by atoms with Gasteiger partial charge in [-0.05, 0) is 91.9 Å². The molecule has 1 aliphatic heterocycles. The average molecular weight is 867 g/mol. The molecule has 340 valence electrons. The van der Waals surface area contributed by atoms with E-state index in [0.29, 0.717) is 51.7 Å². The van der Waals surface area contributed by atoms with Crippen LogP contribution >= 0.6 is 0 Å². The van der Waals surface area contributed by atoms with Gasteiger partial charge in [0.1, 0.15) is 36.5 Å². The van der Waals surface area contributed by atoms with Crippen molar-refractivity contribution in [2.75, 3.05) is 46.5 Å². The molecule has 4 bridgehead atoms. The number of benzene rings is 3. The lowest BCUT2D eigenvalue weighted by Crippen LogP contribution is -2.46. The van der Waals surface area contributed by atoms with E-state index >= 15 is 0 Å². The molecule has 3 aromatic rings. The normalized spacial score (nSPS) is 16.8. The third-order valence-corrected chi connectivity index (χ3v) is 11.3. The Labute approximate surface area is 372 Å². The number of nitrogens with zero attached hydrogens (tertiary/aromatic N) is 2. The van der Waals surface area contributed by atoms with E-state index in [9.17, 15) is 29.2 Å². The molecule has 4 atom stereocenters. The highest BCUT2D eigenvalue weighted by atomic mass is 16.5. The number of likely N-dealkylation sites (N-methyl/N-ethyl adjacent to an activating group) is 1. The first-order chi connectivity index (χ1) is 30.4. The largest absolute Gasteiger partial charge is 0.494 e. The minimum Gasteiger partial charge on any atom is -0.494 e. The molecule has 2 amide bonds. The number of amides is 2. The molecular formula is C49H66N6O8. The van der Waals surface area contributed by atoms with Gasteiger partial charge in [-0.1, -0.05) is 51.7 Å². The molecule has 0 spiro atoms. The zero-order valence-electron chi connectivity index (χ0n) is 37.4. The quantitative estimate of drug-likeness (QED) is 0.0642. The summed E-state index contributed by atoms with van der Waals surface area (Å²) in [7, 11) is 1.52. The molecule has 63 heavy (non-hydrogen) atoms. The Morgan fingerprint density at radius 1 is 0.857 bits per heavy atom. The molecule has 0 aliphatic carbocycles. The number of carbonyl (C=O) groups excluding carboxylic acids is 5. The van der Waals surface area contributed by atoms with E-state index in [0.717, 1.165) is 18.4 Å². The molecule has 7 N–H and O–H groups in total. The van der Waals surface area contributed by atoms with Crippen LogP contribution in [0.4, 0.5) is 0 Å². The summed E-state index contributed by atoms with van der Waals surface area (Å²) in [5, 5.41) is 12.1. The van der Waals surface area contributed by atoms with Gasteiger partial charge in [0.15, 0.2) is 17.3 Å². The summed E-state index contributed by atoms with van der Waals surface area (Å²) in [4.78, 5) is 71.8. The predicted molar refractivity (Wildman–Crippen MR) is 242 cm³/mol. The Bertz CT molecular complexity index is 2080. The lowest BCUT2D eigenvalue weighted by atomic mass is 9.88. The van der Waals surface area contributed by atoms with Gasteiger partial charge >= 0.3 is 0 Å². The van der Waals surface area contributed by atoms with Crippen molar-refractivity contribution >= 4 is 29.2 Å². The van der Waals surface area contributed by atoms with Crippen LogP contribution in [0.15, 0.2) is 54.6 Å². The van der Waals surface area contributed by atoms with Crippen LogP contribution in [0.3, 0.4) is 0 Å². The Hall–Kier alpha value is -5.62. The average Bonchev–Trinajstić information content (AvgIpc) is 3.27. The third-order valence-electron chi connectivity index (χ3n) is 11.3. The minimum absolute atomic E-state index is 0.0239. The van der Waals surface area contributed by atoms with Crippen LogP contribution in [-0.2, 0) is 25.6 Å². The maximum atomic E-state index is 14.7. The first-order valence-corrected chi connectivity index (χ1v) is 22.3. The summed E-state index contributed by atoms with van der Waals surface area (Å²) in [6.07, 6.45) is 5.35. The summed E-state index contributed by atoms with van der Waals surface area (Å²) < 4.78 is 18.2. The Kier molecular flexibility index (Phi) is 20.2. The molecule has 4 rings (SSSR count). The van der Waals surface area contributed by atoms with E-state index in [1.165, 1.54) is 31.2 Å². The predicted octanol–water partition coefficient (Wildman–Crippen LogP) is 5.93. The van der Waals surface area contributed by atoms with Gasteiger partial charge in [0.05, 0.1) is 18.7 Å². The van der Waals surface area contributed by atoms with Gasteiger partial charge in [0.2, 0.25) is 11.8 Å². The van der Waals surface area contributed by atoms with E-state index in [4.69, 9.17) is 31.4 Å². The molecule has 14 nitrogen and oxygen atoms in total. The smallest absolute Gasteiger partial charge is 0.226 e. The summed E-state index contributed by atoms with van der Waals surface area (Å²) in [5.41, 5.74) is 21.1. The summed E-state index contributed by atoms with van der Waals surface area (Å²) in [5.74, 6) is -2.22. The number of Topliss-reactive ketones (excluding diaryl/α,β-unsaturated/α-hetero) is 3. The monoisotopic (exact) mass is 866 g/mol. The van der Waals surface area contributed by atoms with Gasteiger partial charge in [0.25, 0.3) is 0 Å². The molecule has 1 aliphatic rings. The van der Waals surface area contributed by atoms with E-state index < -0.39 is 41.5 Å². The van der Waals surface area contributed by atoms with Crippen molar-refractivity contribution in [3.63, 3.8) is 0 Å². The number of nitrogens with one attached hydrogen (secondary N) is 1. The zero-order chi connectivity index (χ0) is 45.9. The van der Waals surface area contributed by atoms with Crippen molar-refractivity contribution in [1.82, 2.24) is 10.2 Å². The van der Waals surface area contributed by atoms with Crippen molar-refractivity contribution in [3.8, 4) is 34.4 Å². The highest BCUT2D eigenvalue weighted by Gasteiger charge is 2.36. The number of hydrogen-bond acceptors (Lipinski definition) is 12. The van der Waals surface area contributed by atoms with Crippen LogP contribution in [0.25, 0.3) is 11.1 Å². The van der Waals surface area contributed by atoms with Gasteiger partial charge < -0.3 is 41.6 Å². The first-order valence-electron chi connectivity index (χ1n) is 22.3. The molecule has 14 heteroatoms. The number of carbonyl (C=O) groups is 5. The second kappa shape index (κ2) is 25.5. The Balaban J connectivity index is 1.76. The molecule has 0 fully saturated rings. The van der Waals surface area contributed by atoms with Gasteiger partial charge in [-0.15, -0.1) is 0 Å². The molecule has 0 saturated carbocycles. The summed E-state index contributed by atoms with van der Waals surface area (Å²) >= 11 is 0. The van der Waals surface area contributed by atoms with Crippen molar-refractivity contribution in [3.05, 3.63) is 76.9 Å². The van der Waals surface area contributed by atoms with Crippen LogP contribution in [0.5, 0.6) is 17.2 Å². The molecule has 0 radical (unpaired) electrons. The zero-order valence-corrected chi connectivity index (χ0v) is 37.4. The number of nitrogens with two attached hydrogens (primary N) is 3. The van der Waals surface area contributed by atoms with Crippen LogP contribution in [0, 0.1) is 30.1 Å². The first kappa shape index (κ1) is 50.0. The molecule has 0 aromatic heterocycles. The summed E-state index contributed by atoms with van der Waals surface area (Å²) in [6, 6.07) is 15.7. The van der Waals surface area contributed by atoms with Crippen LogP contribution in [0.1, 0.15) is 111 Å². The fourth-order valence-electron chi connectivity index (χ4n) is 7.91.